The van der Waals surface area contributed by atoms with E-state index < -0.39 is 0 Å². The lowest BCUT2D eigenvalue weighted by atomic mass is 9.64. The molecule has 1 heterocycles. The number of ketones is 1. The fraction of sp³-hybridized carbons (Fsp3) is 0.480. The number of carbonyl (C=O) groups excluding carboxylic acids is 1. The fourth-order valence-corrected chi connectivity index (χ4v) is 5.03. The van der Waals surface area contributed by atoms with Crippen LogP contribution in [0, 0.1) is 17.8 Å². The number of Topliss-reactive ketones (excluding diaryl/α,β-unsaturated/α-hetero) is 1. The number of hydrogen-bond donors (Lipinski definition) is 1. The topological polar surface area (TPSA) is 47.6 Å². The molecular formula is C25H31NO3. The highest BCUT2D eigenvalue weighted by molar-refractivity contribution is 5.87. The summed E-state index contributed by atoms with van der Waals surface area (Å²) >= 11 is 0. The Labute approximate surface area is 173 Å². The third-order valence-corrected chi connectivity index (χ3v) is 6.31. The maximum atomic E-state index is 13.4. The van der Waals surface area contributed by atoms with Gasteiger partial charge in [-0.3, -0.25) is 4.79 Å². The zero-order chi connectivity index (χ0) is 20.4. The van der Waals surface area contributed by atoms with Crippen LogP contribution in [0.5, 0.6) is 11.5 Å². The summed E-state index contributed by atoms with van der Waals surface area (Å²) in [5.41, 5.74) is 2.32. The minimum absolute atomic E-state index is 0.0359. The van der Waals surface area contributed by atoms with E-state index in [4.69, 9.17) is 9.47 Å². The van der Waals surface area contributed by atoms with Gasteiger partial charge in [0.1, 0.15) is 17.3 Å². The number of rotatable bonds is 6. The van der Waals surface area contributed by atoms with E-state index in [2.05, 4.69) is 36.5 Å². The molecule has 0 aromatic heterocycles. The van der Waals surface area contributed by atoms with E-state index >= 15 is 0 Å². The van der Waals surface area contributed by atoms with Crippen LogP contribution < -0.4 is 14.8 Å². The molecule has 5 atom stereocenters. The van der Waals surface area contributed by atoms with Gasteiger partial charge in [0, 0.05) is 23.9 Å². The zero-order valence-electron chi connectivity index (χ0n) is 17.6. The van der Waals surface area contributed by atoms with E-state index in [1.165, 1.54) is 0 Å². The van der Waals surface area contributed by atoms with Crippen molar-refractivity contribution >= 4 is 5.78 Å². The van der Waals surface area contributed by atoms with Gasteiger partial charge in [-0.05, 0) is 68.0 Å². The van der Waals surface area contributed by atoms with Crippen molar-refractivity contribution in [2.24, 2.45) is 17.8 Å². The lowest BCUT2D eigenvalue weighted by Crippen LogP contribution is -2.52. The van der Waals surface area contributed by atoms with Gasteiger partial charge in [0.15, 0.2) is 0 Å². The molecule has 1 unspecified atom stereocenters. The van der Waals surface area contributed by atoms with Crippen molar-refractivity contribution in [3.05, 3.63) is 59.7 Å². The third kappa shape index (κ3) is 4.04. The van der Waals surface area contributed by atoms with Crippen molar-refractivity contribution < 1.29 is 14.3 Å². The largest absolute Gasteiger partial charge is 0.494 e. The highest BCUT2D eigenvalue weighted by atomic mass is 16.5. The van der Waals surface area contributed by atoms with Crippen LogP contribution in [0.3, 0.4) is 0 Å². The lowest BCUT2D eigenvalue weighted by Gasteiger charge is -2.47. The lowest BCUT2D eigenvalue weighted by molar-refractivity contribution is -0.136. The van der Waals surface area contributed by atoms with Gasteiger partial charge in [-0.15, -0.1) is 0 Å². The third-order valence-electron chi connectivity index (χ3n) is 6.31. The second-order valence-electron chi connectivity index (χ2n) is 8.32. The minimum atomic E-state index is 0.0359. The van der Waals surface area contributed by atoms with E-state index in [1.807, 2.05) is 38.1 Å². The second kappa shape index (κ2) is 8.58. The zero-order valence-corrected chi connectivity index (χ0v) is 17.6. The van der Waals surface area contributed by atoms with Crippen LogP contribution in [0.4, 0.5) is 0 Å². The van der Waals surface area contributed by atoms with Crippen molar-refractivity contribution in [2.45, 2.75) is 45.7 Å². The average molecular weight is 394 g/mol. The van der Waals surface area contributed by atoms with Gasteiger partial charge >= 0.3 is 0 Å². The predicted molar refractivity (Wildman–Crippen MR) is 114 cm³/mol. The number of nitrogens with one attached hydrogen (secondary N) is 1. The summed E-state index contributed by atoms with van der Waals surface area (Å²) < 4.78 is 11.2. The van der Waals surface area contributed by atoms with Crippen molar-refractivity contribution in [2.75, 3.05) is 13.2 Å². The summed E-state index contributed by atoms with van der Waals surface area (Å²) in [5.74, 6) is 2.80. The minimum Gasteiger partial charge on any atom is -0.494 e. The van der Waals surface area contributed by atoms with E-state index in [-0.39, 0.29) is 23.9 Å². The van der Waals surface area contributed by atoms with Crippen molar-refractivity contribution in [3.63, 3.8) is 0 Å². The number of fused-ring (bicyclic) bond motifs is 2. The van der Waals surface area contributed by atoms with Gasteiger partial charge in [0.2, 0.25) is 0 Å². The van der Waals surface area contributed by atoms with Crippen molar-refractivity contribution in [3.8, 4) is 11.5 Å². The highest BCUT2D eigenvalue weighted by Gasteiger charge is 2.48. The number of ether oxygens (including phenoxy) is 2. The Kier molecular flexibility index (Phi) is 5.91. The van der Waals surface area contributed by atoms with Gasteiger partial charge in [-0.1, -0.05) is 31.2 Å². The van der Waals surface area contributed by atoms with E-state index in [0.29, 0.717) is 24.9 Å². The number of piperidine rings is 1. The van der Waals surface area contributed by atoms with Gasteiger partial charge in [-0.25, -0.2) is 0 Å². The van der Waals surface area contributed by atoms with E-state index in [1.54, 1.807) is 0 Å². The maximum Gasteiger partial charge on any atom is 0.142 e. The van der Waals surface area contributed by atoms with Gasteiger partial charge < -0.3 is 14.8 Å². The monoisotopic (exact) mass is 393 g/mol. The second-order valence-corrected chi connectivity index (χ2v) is 8.32. The molecule has 1 saturated heterocycles. The quantitative estimate of drug-likeness (QED) is 0.742. The Morgan fingerprint density at radius 1 is 0.793 bits per heavy atom. The molecule has 1 aliphatic heterocycles. The molecule has 0 radical (unpaired) electrons. The van der Waals surface area contributed by atoms with Crippen molar-refractivity contribution in [1.29, 1.82) is 0 Å². The highest BCUT2D eigenvalue weighted by Crippen LogP contribution is 2.47. The first kappa shape index (κ1) is 20.0. The smallest absolute Gasteiger partial charge is 0.142 e. The summed E-state index contributed by atoms with van der Waals surface area (Å²) in [5, 5.41) is 3.84. The summed E-state index contributed by atoms with van der Waals surface area (Å²) in [6.45, 7) is 7.56. The number of benzene rings is 2. The Morgan fingerprint density at radius 3 is 1.59 bits per heavy atom. The Balaban J connectivity index is 1.64. The summed E-state index contributed by atoms with van der Waals surface area (Å²) in [6, 6.07) is 16.5. The van der Waals surface area contributed by atoms with E-state index in [9.17, 15) is 4.79 Å². The van der Waals surface area contributed by atoms with Gasteiger partial charge in [0.05, 0.1) is 13.2 Å². The molecule has 4 heteroatoms. The van der Waals surface area contributed by atoms with Crippen LogP contribution in [0.15, 0.2) is 48.5 Å². The molecule has 1 saturated carbocycles. The standard InChI is InChI=1S/C25H31NO3/c1-4-28-19-10-6-17(7-11-19)23-21-14-16(3)15-22(25(21)27)24(26-23)18-8-12-20(13-9-18)29-5-2/h6-13,16,21-24,26H,4-5,14-15H2,1-3H3/t16?,21-,22+,23+,24-. The molecule has 2 fully saturated rings. The van der Waals surface area contributed by atoms with Crippen LogP contribution in [0.25, 0.3) is 0 Å². The van der Waals surface area contributed by atoms with Crippen molar-refractivity contribution in [1.82, 2.24) is 5.32 Å². The summed E-state index contributed by atoms with van der Waals surface area (Å²) in [4.78, 5) is 13.4. The van der Waals surface area contributed by atoms with Crippen LogP contribution in [-0.2, 0) is 4.79 Å². The Hall–Kier alpha value is -2.33. The molecule has 154 valence electrons. The van der Waals surface area contributed by atoms with Crippen LogP contribution >= 0.6 is 0 Å². The normalized spacial score (nSPS) is 28.8. The molecule has 0 spiro atoms. The Bertz CT molecular complexity index is 763. The SMILES string of the molecule is CCOc1ccc([C@H]2N[C@@H](c3ccc(OCC)cc3)[C@H]3CC(C)C[C@@H]2C3=O)cc1. The molecule has 1 aliphatic carbocycles. The van der Waals surface area contributed by atoms with E-state index in [0.717, 1.165) is 35.5 Å². The first-order valence-corrected chi connectivity index (χ1v) is 10.9. The molecule has 1 N–H and O–H groups in total. The molecule has 29 heavy (non-hydrogen) atoms. The molecule has 0 amide bonds. The fourth-order valence-electron chi connectivity index (χ4n) is 5.03. The van der Waals surface area contributed by atoms with Crippen LogP contribution in [-0.4, -0.2) is 19.0 Å². The first-order valence-electron chi connectivity index (χ1n) is 10.9. The van der Waals surface area contributed by atoms with Gasteiger partial charge in [-0.2, -0.15) is 0 Å². The van der Waals surface area contributed by atoms with Crippen LogP contribution in [0.1, 0.15) is 56.8 Å². The molecule has 4 nitrogen and oxygen atoms in total. The Morgan fingerprint density at radius 2 is 1.21 bits per heavy atom. The predicted octanol–water partition coefficient (Wildman–Crippen LogP) is 5.10. The summed E-state index contributed by atoms with van der Waals surface area (Å²) in [6.07, 6.45) is 1.91. The van der Waals surface area contributed by atoms with Gasteiger partial charge in [0.25, 0.3) is 0 Å². The molecule has 2 aromatic rings. The maximum absolute atomic E-state index is 13.4. The molecule has 4 rings (SSSR count). The molecular weight excluding hydrogens is 362 g/mol. The number of carbonyl (C=O) groups is 1. The first-order chi connectivity index (χ1) is 14.1. The number of hydrogen-bond acceptors (Lipinski definition) is 4. The molecule has 2 aromatic carbocycles. The molecule has 2 aliphatic rings. The average Bonchev–Trinajstić information content (AvgIpc) is 2.72. The summed E-state index contributed by atoms with van der Waals surface area (Å²) in [7, 11) is 0. The van der Waals surface area contributed by atoms with Crippen LogP contribution in [0.2, 0.25) is 0 Å². The molecule has 2 bridgehead atoms.